The van der Waals surface area contributed by atoms with E-state index in [2.05, 4.69) is 10.1 Å². The molecule has 1 heterocycles. The van der Waals surface area contributed by atoms with E-state index in [0.717, 1.165) is 11.3 Å². The molecule has 0 bridgehead atoms. The molecular weight excluding hydrogens is 244 g/mol. The van der Waals surface area contributed by atoms with Gasteiger partial charge in [0.2, 0.25) is 0 Å². The van der Waals surface area contributed by atoms with Crippen molar-refractivity contribution in [2.24, 2.45) is 0 Å². The molecule has 0 fully saturated rings. The quantitative estimate of drug-likeness (QED) is 0.865. The number of aliphatic hydroxyl groups is 1. The molecule has 0 aliphatic rings. The van der Waals surface area contributed by atoms with Crippen LogP contribution in [0.1, 0.15) is 37.0 Å². The van der Waals surface area contributed by atoms with E-state index >= 15 is 0 Å². The van der Waals surface area contributed by atoms with Crippen molar-refractivity contribution in [3.05, 3.63) is 41.5 Å². The van der Waals surface area contributed by atoms with Crippen molar-refractivity contribution in [1.29, 1.82) is 0 Å². The number of nitrogens with zero attached hydrogens (tertiary/aromatic N) is 2. The molecule has 0 spiro atoms. The molecule has 1 aromatic carbocycles. The number of benzene rings is 1. The zero-order valence-electron chi connectivity index (χ0n) is 11.2. The van der Waals surface area contributed by atoms with Crippen LogP contribution in [0.4, 0.5) is 0 Å². The van der Waals surface area contributed by atoms with E-state index in [0.29, 0.717) is 18.1 Å². The predicted octanol–water partition coefficient (Wildman–Crippen LogP) is 2.31. The van der Waals surface area contributed by atoms with E-state index in [1.165, 1.54) is 0 Å². The molecule has 0 amide bonds. The predicted molar refractivity (Wildman–Crippen MR) is 70.0 cm³/mol. The van der Waals surface area contributed by atoms with Crippen molar-refractivity contribution in [3.63, 3.8) is 0 Å². The average Bonchev–Trinajstić information content (AvgIpc) is 2.87. The first-order valence-electron chi connectivity index (χ1n) is 6.34. The van der Waals surface area contributed by atoms with Gasteiger partial charge in [-0.1, -0.05) is 37.2 Å². The zero-order chi connectivity index (χ0) is 13.7. The summed E-state index contributed by atoms with van der Waals surface area (Å²) < 4.78 is 10.8. The van der Waals surface area contributed by atoms with Crippen molar-refractivity contribution < 1.29 is 14.4 Å². The first-order valence-corrected chi connectivity index (χ1v) is 6.34. The van der Waals surface area contributed by atoms with Gasteiger partial charge in [0, 0.05) is 12.5 Å². The monoisotopic (exact) mass is 262 g/mol. The minimum atomic E-state index is 0.0957. The Morgan fingerprint density at radius 1 is 1.32 bits per heavy atom. The van der Waals surface area contributed by atoms with E-state index in [9.17, 15) is 0 Å². The zero-order valence-corrected chi connectivity index (χ0v) is 11.2. The Balaban J connectivity index is 2.01. The Morgan fingerprint density at radius 3 is 2.79 bits per heavy atom. The number of para-hydroxylation sites is 1. The summed E-state index contributed by atoms with van der Waals surface area (Å²) in [7, 11) is 0. The molecule has 0 radical (unpaired) electrons. The molecule has 2 rings (SSSR count). The fourth-order valence-electron chi connectivity index (χ4n) is 1.67. The van der Waals surface area contributed by atoms with Gasteiger partial charge >= 0.3 is 0 Å². The van der Waals surface area contributed by atoms with Crippen molar-refractivity contribution in [1.82, 2.24) is 10.1 Å². The summed E-state index contributed by atoms with van der Waals surface area (Å²) in [6.45, 7) is 4.35. The fourth-order valence-corrected chi connectivity index (χ4v) is 1.67. The molecular formula is C14H18N2O3. The van der Waals surface area contributed by atoms with Gasteiger partial charge in [0.05, 0.1) is 0 Å². The second kappa shape index (κ2) is 6.33. The largest absolute Gasteiger partial charge is 0.483 e. The number of aromatic nitrogens is 2. The first kappa shape index (κ1) is 13.5. The Hall–Kier alpha value is -1.88. The SMILES string of the molecule is CC(C)c1noc(COc2ccccc2CCO)n1. The number of hydrogen-bond donors (Lipinski definition) is 1. The maximum absolute atomic E-state index is 9.00. The van der Waals surface area contributed by atoms with Crippen molar-refractivity contribution in [2.45, 2.75) is 32.8 Å². The van der Waals surface area contributed by atoms with Crippen molar-refractivity contribution >= 4 is 0 Å². The van der Waals surface area contributed by atoms with Gasteiger partial charge in [0.1, 0.15) is 5.75 Å². The van der Waals surface area contributed by atoms with Gasteiger partial charge in [0.25, 0.3) is 5.89 Å². The van der Waals surface area contributed by atoms with Gasteiger partial charge < -0.3 is 14.4 Å². The number of ether oxygens (including phenoxy) is 1. The van der Waals surface area contributed by atoms with E-state index in [1.807, 2.05) is 38.1 Å². The van der Waals surface area contributed by atoms with Crippen molar-refractivity contribution in [2.75, 3.05) is 6.61 Å². The highest BCUT2D eigenvalue weighted by atomic mass is 16.5. The molecule has 2 aromatic rings. The molecule has 1 N–H and O–H groups in total. The van der Waals surface area contributed by atoms with E-state index in [4.69, 9.17) is 14.4 Å². The van der Waals surface area contributed by atoms with Crippen LogP contribution in [0.3, 0.4) is 0 Å². The third-order valence-electron chi connectivity index (χ3n) is 2.71. The molecule has 1 aromatic heterocycles. The van der Waals surface area contributed by atoms with Crippen LogP contribution in [-0.2, 0) is 13.0 Å². The van der Waals surface area contributed by atoms with Crippen LogP contribution in [0, 0.1) is 0 Å². The summed E-state index contributed by atoms with van der Waals surface area (Å²) in [5.74, 6) is 2.12. The maximum atomic E-state index is 9.00. The van der Waals surface area contributed by atoms with E-state index in [-0.39, 0.29) is 19.1 Å². The summed E-state index contributed by atoms with van der Waals surface area (Å²) in [5, 5.41) is 12.9. The highest BCUT2D eigenvalue weighted by Gasteiger charge is 2.10. The summed E-state index contributed by atoms with van der Waals surface area (Å²) in [5.41, 5.74) is 0.966. The summed E-state index contributed by atoms with van der Waals surface area (Å²) in [6.07, 6.45) is 0.567. The highest BCUT2D eigenvalue weighted by molar-refractivity contribution is 5.33. The lowest BCUT2D eigenvalue weighted by Crippen LogP contribution is -2.01. The van der Waals surface area contributed by atoms with Crippen LogP contribution < -0.4 is 4.74 Å². The van der Waals surface area contributed by atoms with Crippen LogP contribution >= 0.6 is 0 Å². The fraction of sp³-hybridized carbons (Fsp3) is 0.429. The van der Waals surface area contributed by atoms with Gasteiger partial charge in [-0.05, 0) is 18.1 Å². The molecule has 5 nitrogen and oxygen atoms in total. The molecule has 102 valence electrons. The van der Waals surface area contributed by atoms with E-state index in [1.54, 1.807) is 0 Å². The number of aliphatic hydroxyl groups excluding tert-OH is 1. The molecule has 5 heteroatoms. The minimum absolute atomic E-state index is 0.0957. The standard InChI is InChI=1S/C14H18N2O3/c1-10(2)14-15-13(19-16-14)9-18-12-6-4-3-5-11(12)7-8-17/h3-6,10,17H,7-9H2,1-2H3. The second-order valence-corrected chi connectivity index (χ2v) is 4.57. The van der Waals surface area contributed by atoms with Gasteiger partial charge in [-0.25, -0.2) is 0 Å². The van der Waals surface area contributed by atoms with Crippen molar-refractivity contribution in [3.8, 4) is 5.75 Å². The Morgan fingerprint density at radius 2 is 2.11 bits per heavy atom. The van der Waals surface area contributed by atoms with Crippen LogP contribution in [0.5, 0.6) is 5.75 Å². The lowest BCUT2D eigenvalue weighted by molar-refractivity contribution is 0.238. The molecule has 0 saturated heterocycles. The van der Waals surface area contributed by atoms with Crippen LogP contribution in [0.25, 0.3) is 0 Å². The minimum Gasteiger partial charge on any atom is -0.483 e. The number of rotatable bonds is 6. The molecule has 0 saturated carbocycles. The van der Waals surface area contributed by atoms with Gasteiger partial charge in [-0.3, -0.25) is 0 Å². The lowest BCUT2D eigenvalue weighted by atomic mass is 10.1. The molecule has 0 unspecified atom stereocenters. The number of hydrogen-bond acceptors (Lipinski definition) is 5. The molecule has 19 heavy (non-hydrogen) atoms. The Kier molecular flexibility index (Phi) is 4.52. The van der Waals surface area contributed by atoms with Gasteiger partial charge in [-0.15, -0.1) is 0 Å². The Bertz CT molecular complexity index is 523. The molecule has 0 atom stereocenters. The van der Waals surface area contributed by atoms with Crippen LogP contribution in [-0.4, -0.2) is 21.9 Å². The van der Waals surface area contributed by atoms with E-state index < -0.39 is 0 Å². The topological polar surface area (TPSA) is 68.4 Å². The smallest absolute Gasteiger partial charge is 0.264 e. The highest BCUT2D eigenvalue weighted by Crippen LogP contribution is 2.19. The van der Waals surface area contributed by atoms with Gasteiger partial charge in [-0.2, -0.15) is 4.98 Å². The first-order chi connectivity index (χ1) is 9.20. The van der Waals surface area contributed by atoms with Crippen LogP contribution in [0.2, 0.25) is 0 Å². The second-order valence-electron chi connectivity index (χ2n) is 4.57. The molecule has 0 aliphatic heterocycles. The van der Waals surface area contributed by atoms with Gasteiger partial charge in [0.15, 0.2) is 12.4 Å². The Labute approximate surface area is 112 Å². The lowest BCUT2D eigenvalue weighted by Gasteiger charge is -2.08. The normalized spacial score (nSPS) is 10.9. The average molecular weight is 262 g/mol. The summed E-state index contributed by atoms with van der Waals surface area (Å²) in [4.78, 5) is 4.25. The van der Waals surface area contributed by atoms with Crippen LogP contribution in [0.15, 0.2) is 28.8 Å². The maximum Gasteiger partial charge on any atom is 0.264 e. The third kappa shape index (κ3) is 3.54. The molecule has 0 aliphatic carbocycles. The summed E-state index contributed by atoms with van der Waals surface area (Å²) >= 11 is 0. The summed E-state index contributed by atoms with van der Waals surface area (Å²) in [6, 6.07) is 7.61. The third-order valence-corrected chi connectivity index (χ3v) is 2.71.